The molecule has 0 bridgehead atoms. The van der Waals surface area contributed by atoms with E-state index in [0.717, 1.165) is 18.4 Å². The SMILES string of the molecule is O=C(O)N(CCCOCc1ccc(Cl)nc1)CC1CC1. The normalized spacial score (nSPS) is 14.2. The second kappa shape index (κ2) is 7.45. The zero-order valence-electron chi connectivity index (χ0n) is 11.3. The van der Waals surface area contributed by atoms with Gasteiger partial charge in [-0.25, -0.2) is 9.78 Å². The molecule has 20 heavy (non-hydrogen) atoms. The number of carboxylic acid groups (broad SMARTS) is 1. The Bertz CT molecular complexity index is 435. The molecule has 1 aromatic heterocycles. The topological polar surface area (TPSA) is 62.7 Å². The van der Waals surface area contributed by atoms with Crippen molar-refractivity contribution in [3.63, 3.8) is 0 Å². The van der Waals surface area contributed by atoms with Gasteiger partial charge >= 0.3 is 6.09 Å². The predicted molar refractivity (Wildman–Crippen MR) is 75.8 cm³/mol. The molecule has 0 aliphatic heterocycles. The summed E-state index contributed by atoms with van der Waals surface area (Å²) in [5.41, 5.74) is 0.961. The fraction of sp³-hybridized carbons (Fsp3) is 0.571. The molecule has 1 aliphatic rings. The molecule has 2 rings (SSSR count). The van der Waals surface area contributed by atoms with Crippen molar-refractivity contribution in [1.82, 2.24) is 9.88 Å². The van der Waals surface area contributed by atoms with Gasteiger partial charge in [-0.2, -0.15) is 0 Å². The summed E-state index contributed by atoms with van der Waals surface area (Å²) < 4.78 is 5.51. The van der Waals surface area contributed by atoms with Crippen molar-refractivity contribution >= 4 is 17.7 Å². The maximum absolute atomic E-state index is 11.0. The van der Waals surface area contributed by atoms with Gasteiger partial charge in [-0.1, -0.05) is 17.7 Å². The fourth-order valence-corrected chi connectivity index (χ4v) is 2.03. The van der Waals surface area contributed by atoms with Crippen molar-refractivity contribution < 1.29 is 14.6 Å². The first-order chi connectivity index (χ1) is 9.65. The number of rotatable bonds is 8. The van der Waals surface area contributed by atoms with Crippen LogP contribution in [0.5, 0.6) is 0 Å². The molecule has 0 radical (unpaired) electrons. The molecule has 1 heterocycles. The first-order valence-corrected chi connectivity index (χ1v) is 7.19. The van der Waals surface area contributed by atoms with E-state index in [4.69, 9.17) is 21.4 Å². The number of pyridine rings is 1. The molecule has 1 aromatic rings. The number of amides is 1. The minimum atomic E-state index is -0.834. The Balaban J connectivity index is 1.60. The van der Waals surface area contributed by atoms with Crippen LogP contribution in [-0.4, -0.2) is 40.8 Å². The molecule has 5 nitrogen and oxygen atoms in total. The van der Waals surface area contributed by atoms with Gasteiger partial charge in [-0.05, 0) is 36.8 Å². The molecular weight excluding hydrogens is 280 g/mol. The number of halogens is 1. The van der Waals surface area contributed by atoms with E-state index in [-0.39, 0.29) is 0 Å². The van der Waals surface area contributed by atoms with Crippen molar-refractivity contribution in [2.75, 3.05) is 19.7 Å². The molecule has 0 unspecified atom stereocenters. The molecule has 1 fully saturated rings. The summed E-state index contributed by atoms with van der Waals surface area (Å²) >= 11 is 5.69. The molecular formula is C14H19ClN2O3. The number of carbonyl (C=O) groups is 1. The van der Waals surface area contributed by atoms with Crippen LogP contribution in [0.3, 0.4) is 0 Å². The van der Waals surface area contributed by atoms with Crippen molar-refractivity contribution in [3.05, 3.63) is 29.0 Å². The van der Waals surface area contributed by atoms with Crippen LogP contribution in [0, 0.1) is 5.92 Å². The molecule has 0 spiro atoms. The van der Waals surface area contributed by atoms with E-state index in [9.17, 15) is 4.79 Å². The lowest BCUT2D eigenvalue weighted by atomic mass is 10.3. The molecule has 110 valence electrons. The lowest BCUT2D eigenvalue weighted by molar-refractivity contribution is 0.102. The van der Waals surface area contributed by atoms with Gasteiger partial charge in [0.2, 0.25) is 0 Å². The summed E-state index contributed by atoms with van der Waals surface area (Å²) in [5.74, 6) is 0.576. The molecule has 6 heteroatoms. The average molecular weight is 299 g/mol. The summed E-state index contributed by atoms with van der Waals surface area (Å²) in [7, 11) is 0. The van der Waals surface area contributed by atoms with Crippen LogP contribution in [0.4, 0.5) is 4.79 Å². The fourth-order valence-electron chi connectivity index (χ4n) is 1.92. The highest BCUT2D eigenvalue weighted by molar-refractivity contribution is 6.29. The first kappa shape index (κ1) is 15.1. The largest absolute Gasteiger partial charge is 0.465 e. The van der Waals surface area contributed by atoms with Gasteiger partial charge in [0.15, 0.2) is 0 Å². The van der Waals surface area contributed by atoms with Crippen LogP contribution >= 0.6 is 11.6 Å². The monoisotopic (exact) mass is 298 g/mol. The van der Waals surface area contributed by atoms with E-state index in [2.05, 4.69) is 4.98 Å². The second-order valence-corrected chi connectivity index (χ2v) is 5.45. The van der Waals surface area contributed by atoms with Crippen LogP contribution in [0.2, 0.25) is 5.15 Å². The second-order valence-electron chi connectivity index (χ2n) is 5.07. The van der Waals surface area contributed by atoms with Crippen molar-refractivity contribution in [3.8, 4) is 0 Å². The lowest BCUT2D eigenvalue weighted by Crippen LogP contribution is -2.32. The number of nitrogens with zero attached hydrogens (tertiary/aromatic N) is 2. The van der Waals surface area contributed by atoms with Gasteiger partial charge in [-0.3, -0.25) is 0 Å². The Kier molecular flexibility index (Phi) is 5.61. The summed E-state index contributed by atoms with van der Waals surface area (Å²) in [6.45, 7) is 2.21. The third-order valence-electron chi connectivity index (χ3n) is 3.22. The maximum Gasteiger partial charge on any atom is 0.407 e. The highest BCUT2D eigenvalue weighted by Gasteiger charge is 2.26. The minimum Gasteiger partial charge on any atom is -0.465 e. The highest BCUT2D eigenvalue weighted by Crippen LogP contribution is 2.29. The highest BCUT2D eigenvalue weighted by atomic mass is 35.5. The van der Waals surface area contributed by atoms with Crippen molar-refractivity contribution in [2.45, 2.75) is 25.9 Å². The van der Waals surface area contributed by atoms with E-state index in [0.29, 0.717) is 43.8 Å². The number of ether oxygens (including phenoxy) is 1. The van der Waals surface area contributed by atoms with Crippen LogP contribution in [-0.2, 0) is 11.3 Å². The third kappa shape index (κ3) is 5.35. The standard InChI is InChI=1S/C14H19ClN2O3/c15-13-5-4-12(8-16-13)10-20-7-1-6-17(14(18)19)9-11-2-3-11/h4-5,8,11H,1-3,6-7,9-10H2,(H,18,19). The average Bonchev–Trinajstić information content (AvgIpc) is 3.23. The zero-order valence-corrected chi connectivity index (χ0v) is 12.1. The van der Waals surface area contributed by atoms with E-state index in [1.807, 2.05) is 6.07 Å². The number of hydrogen-bond acceptors (Lipinski definition) is 3. The van der Waals surface area contributed by atoms with Crippen LogP contribution in [0.15, 0.2) is 18.3 Å². The van der Waals surface area contributed by atoms with Crippen molar-refractivity contribution in [1.29, 1.82) is 0 Å². The summed E-state index contributed by atoms with van der Waals surface area (Å²) in [6, 6.07) is 3.59. The van der Waals surface area contributed by atoms with Gasteiger partial charge in [0.05, 0.1) is 6.61 Å². The van der Waals surface area contributed by atoms with Gasteiger partial charge in [0, 0.05) is 25.9 Å². The van der Waals surface area contributed by atoms with Crippen LogP contribution in [0.1, 0.15) is 24.8 Å². The van der Waals surface area contributed by atoms with Crippen LogP contribution in [0.25, 0.3) is 0 Å². The van der Waals surface area contributed by atoms with E-state index in [1.165, 1.54) is 4.90 Å². The van der Waals surface area contributed by atoms with E-state index >= 15 is 0 Å². The van der Waals surface area contributed by atoms with Gasteiger partial charge < -0.3 is 14.7 Å². The molecule has 1 saturated carbocycles. The van der Waals surface area contributed by atoms with Crippen molar-refractivity contribution in [2.24, 2.45) is 5.92 Å². The Morgan fingerprint density at radius 1 is 1.50 bits per heavy atom. The van der Waals surface area contributed by atoms with E-state index in [1.54, 1.807) is 12.3 Å². The number of hydrogen-bond donors (Lipinski definition) is 1. The zero-order chi connectivity index (χ0) is 14.4. The van der Waals surface area contributed by atoms with Crippen LogP contribution < -0.4 is 0 Å². The predicted octanol–water partition coefficient (Wildman–Crippen LogP) is 3.03. The Labute approximate surface area is 123 Å². The minimum absolute atomic E-state index is 0.464. The summed E-state index contributed by atoms with van der Waals surface area (Å²) in [6.07, 6.45) is 3.87. The quantitative estimate of drug-likeness (QED) is 0.592. The van der Waals surface area contributed by atoms with Gasteiger partial charge in [-0.15, -0.1) is 0 Å². The Morgan fingerprint density at radius 3 is 2.90 bits per heavy atom. The maximum atomic E-state index is 11.0. The first-order valence-electron chi connectivity index (χ1n) is 6.81. The molecule has 0 atom stereocenters. The molecule has 1 aliphatic carbocycles. The van der Waals surface area contributed by atoms with Gasteiger partial charge in [0.25, 0.3) is 0 Å². The molecule has 0 aromatic carbocycles. The number of aromatic nitrogens is 1. The summed E-state index contributed by atoms with van der Waals surface area (Å²) in [4.78, 5) is 16.5. The lowest BCUT2D eigenvalue weighted by Gasteiger charge is -2.18. The molecule has 1 N–H and O–H groups in total. The summed E-state index contributed by atoms with van der Waals surface area (Å²) in [5, 5.41) is 9.54. The van der Waals surface area contributed by atoms with Gasteiger partial charge in [0.1, 0.15) is 5.15 Å². The molecule has 1 amide bonds. The third-order valence-corrected chi connectivity index (χ3v) is 3.44. The Hall–Kier alpha value is -1.33. The van der Waals surface area contributed by atoms with E-state index < -0.39 is 6.09 Å². The molecule has 0 saturated heterocycles. The smallest absolute Gasteiger partial charge is 0.407 e. The Morgan fingerprint density at radius 2 is 2.30 bits per heavy atom.